The summed E-state index contributed by atoms with van der Waals surface area (Å²) in [6, 6.07) is 0.808. The van der Waals surface area contributed by atoms with Crippen LogP contribution in [0.4, 0.5) is 0 Å². The molecule has 0 aromatic rings. The van der Waals surface area contributed by atoms with Gasteiger partial charge in [-0.3, -0.25) is 4.90 Å². The first kappa shape index (κ1) is 10.4. The van der Waals surface area contributed by atoms with Gasteiger partial charge in [-0.25, -0.2) is 0 Å². The molecular formula is C11H22N2O. The van der Waals surface area contributed by atoms with Crippen LogP contribution >= 0.6 is 0 Å². The van der Waals surface area contributed by atoms with E-state index in [-0.39, 0.29) is 0 Å². The van der Waals surface area contributed by atoms with Gasteiger partial charge in [0.25, 0.3) is 0 Å². The van der Waals surface area contributed by atoms with Gasteiger partial charge in [0.05, 0.1) is 6.10 Å². The lowest BCUT2D eigenvalue weighted by Gasteiger charge is -2.38. The highest BCUT2D eigenvalue weighted by Crippen LogP contribution is 2.26. The van der Waals surface area contributed by atoms with Gasteiger partial charge >= 0.3 is 0 Å². The molecule has 1 aliphatic heterocycles. The molecule has 1 atom stereocenters. The molecule has 1 saturated heterocycles. The van der Waals surface area contributed by atoms with Gasteiger partial charge in [0.2, 0.25) is 0 Å². The van der Waals surface area contributed by atoms with E-state index in [9.17, 15) is 0 Å². The summed E-state index contributed by atoms with van der Waals surface area (Å²) in [6.45, 7) is 3.90. The fraction of sp³-hybridized carbons (Fsp3) is 1.00. The summed E-state index contributed by atoms with van der Waals surface area (Å²) in [7, 11) is 0. The van der Waals surface area contributed by atoms with Crippen molar-refractivity contribution < 1.29 is 4.74 Å². The zero-order chi connectivity index (χ0) is 9.80. The van der Waals surface area contributed by atoms with E-state index in [4.69, 9.17) is 10.5 Å². The third-order valence-electron chi connectivity index (χ3n) is 3.47. The predicted molar refractivity (Wildman–Crippen MR) is 57.2 cm³/mol. The van der Waals surface area contributed by atoms with Crippen molar-refractivity contribution in [3.63, 3.8) is 0 Å². The average molecular weight is 198 g/mol. The lowest BCUT2D eigenvalue weighted by Crippen LogP contribution is -2.46. The second-order valence-corrected chi connectivity index (χ2v) is 4.50. The minimum Gasteiger partial charge on any atom is -0.377 e. The van der Waals surface area contributed by atoms with Crippen LogP contribution in [0.3, 0.4) is 0 Å². The first-order chi connectivity index (χ1) is 6.90. The Morgan fingerprint density at radius 1 is 1.21 bits per heavy atom. The summed E-state index contributed by atoms with van der Waals surface area (Å²) in [5, 5.41) is 0. The van der Waals surface area contributed by atoms with Gasteiger partial charge in [-0.15, -0.1) is 0 Å². The Kier molecular flexibility index (Phi) is 3.79. The molecule has 0 aromatic carbocycles. The van der Waals surface area contributed by atoms with Crippen LogP contribution in [0.2, 0.25) is 0 Å². The van der Waals surface area contributed by atoms with Crippen molar-refractivity contribution in [3.05, 3.63) is 0 Å². The van der Waals surface area contributed by atoms with Gasteiger partial charge in [-0.1, -0.05) is 6.42 Å². The smallest absolute Gasteiger partial charge is 0.0702 e. The minimum absolute atomic E-state index is 0.488. The first-order valence-electron chi connectivity index (χ1n) is 5.96. The number of rotatable bonds is 5. The highest BCUT2D eigenvalue weighted by molar-refractivity contribution is 4.82. The number of hydrogen-bond donors (Lipinski definition) is 1. The molecule has 2 N–H and O–H groups in total. The zero-order valence-corrected chi connectivity index (χ0v) is 8.95. The predicted octanol–water partition coefficient (Wildman–Crippen LogP) is 0.979. The second kappa shape index (κ2) is 5.10. The van der Waals surface area contributed by atoms with Crippen molar-refractivity contribution in [2.45, 2.75) is 44.2 Å². The first-order valence-corrected chi connectivity index (χ1v) is 5.96. The molecule has 14 heavy (non-hydrogen) atoms. The maximum Gasteiger partial charge on any atom is 0.0702 e. The number of hydrogen-bond acceptors (Lipinski definition) is 3. The SMILES string of the molecule is NCCN(CC1CCCO1)C1CCC1. The van der Waals surface area contributed by atoms with Gasteiger partial charge in [0.15, 0.2) is 0 Å². The Labute approximate surface area is 86.6 Å². The summed E-state index contributed by atoms with van der Waals surface area (Å²) in [5.74, 6) is 0. The van der Waals surface area contributed by atoms with Crippen LogP contribution < -0.4 is 5.73 Å². The molecule has 0 spiro atoms. The molecule has 0 aromatic heterocycles. The third-order valence-corrected chi connectivity index (χ3v) is 3.47. The normalized spacial score (nSPS) is 28.3. The summed E-state index contributed by atoms with van der Waals surface area (Å²) < 4.78 is 5.67. The Hall–Kier alpha value is -0.120. The number of nitrogens with zero attached hydrogens (tertiary/aromatic N) is 1. The van der Waals surface area contributed by atoms with E-state index in [0.717, 1.165) is 32.3 Å². The summed E-state index contributed by atoms with van der Waals surface area (Å²) in [6.07, 6.45) is 7.11. The van der Waals surface area contributed by atoms with Crippen molar-refractivity contribution in [2.75, 3.05) is 26.2 Å². The summed E-state index contributed by atoms with van der Waals surface area (Å²) in [4.78, 5) is 2.54. The van der Waals surface area contributed by atoms with E-state index in [0.29, 0.717) is 6.10 Å². The van der Waals surface area contributed by atoms with E-state index in [1.807, 2.05) is 0 Å². The molecule has 1 aliphatic carbocycles. The molecule has 1 saturated carbocycles. The molecular weight excluding hydrogens is 176 g/mol. The van der Waals surface area contributed by atoms with E-state index >= 15 is 0 Å². The maximum absolute atomic E-state index is 5.67. The molecule has 0 amide bonds. The van der Waals surface area contributed by atoms with Crippen LogP contribution in [0.1, 0.15) is 32.1 Å². The van der Waals surface area contributed by atoms with Crippen LogP contribution in [0.15, 0.2) is 0 Å². The van der Waals surface area contributed by atoms with Gasteiger partial charge in [0, 0.05) is 32.3 Å². The molecule has 2 fully saturated rings. The lowest BCUT2D eigenvalue weighted by atomic mass is 9.91. The van der Waals surface area contributed by atoms with Crippen LogP contribution in [0, 0.1) is 0 Å². The molecule has 2 aliphatic rings. The summed E-state index contributed by atoms with van der Waals surface area (Å²) >= 11 is 0. The molecule has 1 heterocycles. The average Bonchev–Trinajstić information content (AvgIpc) is 2.54. The third kappa shape index (κ3) is 2.47. The lowest BCUT2D eigenvalue weighted by molar-refractivity contribution is 0.0400. The maximum atomic E-state index is 5.67. The highest BCUT2D eigenvalue weighted by Gasteiger charge is 2.27. The Morgan fingerprint density at radius 3 is 2.57 bits per heavy atom. The topological polar surface area (TPSA) is 38.5 Å². The Balaban J connectivity index is 1.76. The molecule has 3 nitrogen and oxygen atoms in total. The van der Waals surface area contributed by atoms with Crippen LogP contribution in [-0.4, -0.2) is 43.3 Å². The van der Waals surface area contributed by atoms with E-state index in [1.54, 1.807) is 0 Å². The van der Waals surface area contributed by atoms with Crippen LogP contribution in [0.25, 0.3) is 0 Å². The van der Waals surface area contributed by atoms with Crippen molar-refractivity contribution in [1.82, 2.24) is 4.90 Å². The largest absolute Gasteiger partial charge is 0.377 e. The van der Waals surface area contributed by atoms with Crippen molar-refractivity contribution >= 4 is 0 Å². The highest BCUT2D eigenvalue weighted by atomic mass is 16.5. The molecule has 0 radical (unpaired) electrons. The number of nitrogens with two attached hydrogens (primary N) is 1. The Bertz CT molecular complexity index is 165. The molecule has 0 bridgehead atoms. The van der Waals surface area contributed by atoms with Gasteiger partial charge < -0.3 is 10.5 Å². The van der Waals surface area contributed by atoms with Crippen molar-refractivity contribution in [1.29, 1.82) is 0 Å². The quantitative estimate of drug-likeness (QED) is 0.715. The van der Waals surface area contributed by atoms with Crippen molar-refractivity contribution in [2.24, 2.45) is 5.73 Å². The van der Waals surface area contributed by atoms with Crippen molar-refractivity contribution in [3.8, 4) is 0 Å². The molecule has 2 rings (SSSR count). The minimum atomic E-state index is 0.488. The fourth-order valence-corrected chi connectivity index (χ4v) is 2.39. The molecule has 3 heteroatoms. The zero-order valence-electron chi connectivity index (χ0n) is 8.95. The van der Waals surface area contributed by atoms with Gasteiger partial charge in [-0.2, -0.15) is 0 Å². The monoisotopic (exact) mass is 198 g/mol. The Morgan fingerprint density at radius 2 is 2.07 bits per heavy atom. The van der Waals surface area contributed by atoms with Crippen LogP contribution in [0.5, 0.6) is 0 Å². The number of ether oxygens (including phenoxy) is 1. The van der Waals surface area contributed by atoms with E-state index in [1.165, 1.54) is 32.1 Å². The second-order valence-electron chi connectivity index (χ2n) is 4.50. The summed E-state index contributed by atoms with van der Waals surface area (Å²) in [5.41, 5.74) is 5.64. The van der Waals surface area contributed by atoms with E-state index < -0.39 is 0 Å². The standard InChI is InChI=1S/C11H22N2O/c12-6-7-13(10-3-1-4-10)9-11-5-2-8-14-11/h10-11H,1-9,12H2. The molecule has 82 valence electrons. The van der Waals surface area contributed by atoms with Gasteiger partial charge in [0.1, 0.15) is 0 Å². The van der Waals surface area contributed by atoms with E-state index in [2.05, 4.69) is 4.90 Å². The molecule has 1 unspecified atom stereocenters. The fourth-order valence-electron chi connectivity index (χ4n) is 2.39. The van der Waals surface area contributed by atoms with Crippen LogP contribution in [-0.2, 0) is 4.74 Å². The van der Waals surface area contributed by atoms with Gasteiger partial charge in [-0.05, 0) is 25.7 Å².